The maximum Gasteiger partial charge on any atom is 0.182 e. The maximum absolute atomic E-state index is 15.1. The van der Waals surface area contributed by atoms with Crippen molar-refractivity contribution in [3.8, 4) is 24.3 Å². The van der Waals surface area contributed by atoms with E-state index in [2.05, 4.69) is 0 Å². The minimum atomic E-state index is -0.778. The van der Waals surface area contributed by atoms with E-state index < -0.39 is 23.3 Å². The van der Waals surface area contributed by atoms with Crippen molar-refractivity contribution in [3.63, 3.8) is 0 Å². The van der Waals surface area contributed by atoms with Crippen molar-refractivity contribution < 1.29 is 17.6 Å². The van der Waals surface area contributed by atoms with Crippen LogP contribution in [0.3, 0.4) is 0 Å². The Morgan fingerprint density at radius 2 is 0.766 bits per heavy atom. The van der Waals surface area contributed by atoms with Gasteiger partial charge in [-0.1, -0.05) is 36.4 Å². The van der Waals surface area contributed by atoms with Crippen molar-refractivity contribution in [1.82, 2.24) is 29.2 Å². The van der Waals surface area contributed by atoms with Gasteiger partial charge in [-0.25, -0.2) is 36.6 Å². The van der Waals surface area contributed by atoms with Gasteiger partial charge in [0.05, 0.1) is 22.3 Å². The number of aromatic nitrogens is 6. The summed E-state index contributed by atoms with van der Waals surface area (Å²) in [6.45, 7) is 0. The molecule has 64 heavy (non-hydrogen) atoms. The van der Waals surface area contributed by atoms with Gasteiger partial charge in [0, 0.05) is 34.7 Å². The van der Waals surface area contributed by atoms with Crippen LogP contribution in [0.1, 0.15) is 56.2 Å². The highest BCUT2D eigenvalue weighted by Gasteiger charge is 2.38. The molecule has 0 N–H and O–H groups in total. The van der Waals surface area contributed by atoms with E-state index in [0.29, 0.717) is 78.1 Å². The van der Waals surface area contributed by atoms with Crippen molar-refractivity contribution >= 4 is 33.6 Å². The second-order valence-electron chi connectivity index (χ2n) is 14.5. The highest BCUT2D eigenvalue weighted by Crippen LogP contribution is 2.54. The number of hydrogen-bond acceptors (Lipinski definition) is 8. The molecule has 0 radical (unpaired) electrons. The summed E-state index contributed by atoms with van der Waals surface area (Å²) in [5.41, 5.74) is 4.44. The number of rotatable bonds is 6. The zero-order valence-electron chi connectivity index (χ0n) is 32.7. The van der Waals surface area contributed by atoms with Gasteiger partial charge in [0.15, 0.2) is 22.9 Å². The van der Waals surface area contributed by atoms with E-state index >= 15 is 17.6 Å². The van der Waals surface area contributed by atoms with Gasteiger partial charge < -0.3 is 0 Å². The highest BCUT2D eigenvalue weighted by atomic mass is 19.1. The summed E-state index contributed by atoms with van der Waals surface area (Å²) in [5.74, 6) is -2.66. The maximum atomic E-state index is 15.1. The van der Waals surface area contributed by atoms with Gasteiger partial charge in [-0.3, -0.25) is 0 Å². The lowest BCUT2D eigenvalue weighted by Crippen LogP contribution is -2.02. The fourth-order valence-corrected chi connectivity index (χ4v) is 8.05. The second-order valence-corrected chi connectivity index (χ2v) is 14.5. The van der Waals surface area contributed by atoms with Crippen LogP contribution in [0, 0.1) is 68.6 Å². The number of fused-ring (bicyclic) bond motifs is 2. The monoisotopic (exact) mass is 838 g/mol. The largest absolute Gasteiger partial charge is 0.221 e. The van der Waals surface area contributed by atoms with Gasteiger partial charge in [-0.2, -0.15) is 21.0 Å². The Morgan fingerprint density at radius 3 is 1.06 bits per heavy atom. The fourth-order valence-electron chi connectivity index (χ4n) is 8.05. The van der Waals surface area contributed by atoms with Gasteiger partial charge in [0.2, 0.25) is 0 Å². The Labute approximate surface area is 360 Å². The van der Waals surface area contributed by atoms with Gasteiger partial charge in [0.25, 0.3) is 0 Å². The molecule has 0 aliphatic heterocycles. The van der Waals surface area contributed by atoms with Crippen LogP contribution in [0.25, 0.3) is 33.6 Å². The van der Waals surface area contributed by atoms with E-state index in [4.69, 9.17) is 20.2 Å². The summed E-state index contributed by atoms with van der Waals surface area (Å²) < 4.78 is 63.6. The molecule has 0 bridgehead atoms. The third-order valence-corrected chi connectivity index (χ3v) is 10.9. The predicted octanol–water partition coefficient (Wildman–Crippen LogP) is 9.61. The summed E-state index contributed by atoms with van der Waals surface area (Å²) >= 11 is 0. The van der Waals surface area contributed by atoms with Gasteiger partial charge in [0.1, 0.15) is 47.5 Å². The minimum Gasteiger partial charge on any atom is -0.221 e. The van der Waals surface area contributed by atoms with Crippen LogP contribution in [-0.4, -0.2) is 29.2 Å². The Kier molecular flexibility index (Phi) is 9.19. The molecule has 0 fully saturated rings. The molecular formula is C50H22F4N10. The molecule has 2 aliphatic rings. The molecular weight excluding hydrogens is 817 g/mol. The Bertz CT molecular complexity index is 3280. The molecule has 10 rings (SSSR count). The summed E-state index contributed by atoms with van der Waals surface area (Å²) in [6, 6.07) is 34.1. The normalized spacial score (nSPS) is 13.0. The molecule has 0 unspecified atom stereocenters. The summed E-state index contributed by atoms with van der Waals surface area (Å²) in [4.78, 5) is 9.74. The van der Waals surface area contributed by atoms with E-state index in [0.717, 1.165) is 24.3 Å². The van der Waals surface area contributed by atoms with Crippen molar-refractivity contribution in [3.05, 3.63) is 235 Å². The van der Waals surface area contributed by atoms with Crippen LogP contribution in [0.5, 0.6) is 0 Å². The lowest BCUT2D eigenvalue weighted by molar-refractivity contribution is 0.623. The van der Waals surface area contributed by atoms with Crippen molar-refractivity contribution in [2.75, 3.05) is 0 Å². The van der Waals surface area contributed by atoms with Crippen LogP contribution in [0.4, 0.5) is 17.6 Å². The van der Waals surface area contributed by atoms with E-state index in [9.17, 15) is 21.0 Å². The Morgan fingerprint density at radius 1 is 0.438 bits per heavy atom. The second kappa shape index (κ2) is 15.2. The molecule has 2 aliphatic carbocycles. The molecule has 14 heteroatoms. The number of nitrogens with zero attached hydrogens (tertiary/aromatic N) is 10. The van der Waals surface area contributed by atoms with Crippen molar-refractivity contribution in [1.29, 1.82) is 21.0 Å². The molecule has 4 aromatic heterocycles. The van der Waals surface area contributed by atoms with Crippen LogP contribution in [0.15, 0.2) is 156 Å². The standard InChI is InChI=1S/C50H22F4N10/c51-39-11-7-27(17-31(39)23-55)45(28-8-12-40(52)32(18-28)24-56)47-36-22-38(50-60-44-6-2-4-16-64(44)62-50)48(35(36)21-37(47)49-59-43-5-1-3-15-63(43)61-49)46(29-9-13-41(53)33(19-29)25-57)30-10-14-42(54)34(20-30)26-58/h1-22H. The number of halogens is 4. The Hall–Kier alpha value is -9.50. The third-order valence-electron chi connectivity index (χ3n) is 10.9. The lowest BCUT2D eigenvalue weighted by Gasteiger charge is -2.17. The van der Waals surface area contributed by atoms with Crippen LogP contribution in [0.2, 0.25) is 0 Å². The molecule has 8 aromatic rings. The van der Waals surface area contributed by atoms with E-state index in [1.165, 1.54) is 48.5 Å². The lowest BCUT2D eigenvalue weighted by atomic mass is 9.86. The van der Waals surface area contributed by atoms with Crippen LogP contribution in [-0.2, 0) is 0 Å². The topological polar surface area (TPSA) is 156 Å². The fraction of sp³-hybridized carbons (Fsp3) is 0. The molecule has 300 valence electrons. The van der Waals surface area contributed by atoms with Crippen LogP contribution >= 0.6 is 0 Å². The molecule has 4 aromatic carbocycles. The van der Waals surface area contributed by atoms with E-state index in [1.807, 2.05) is 24.3 Å². The Balaban J connectivity index is 1.40. The summed E-state index contributed by atoms with van der Waals surface area (Å²) in [5, 5.41) is 49.7. The predicted molar refractivity (Wildman–Crippen MR) is 225 cm³/mol. The number of hydrogen-bond donors (Lipinski definition) is 0. The molecule has 0 amide bonds. The van der Waals surface area contributed by atoms with E-state index in [1.54, 1.807) is 70.0 Å². The third kappa shape index (κ3) is 6.31. The van der Waals surface area contributed by atoms with Crippen molar-refractivity contribution in [2.45, 2.75) is 0 Å². The first-order valence-corrected chi connectivity index (χ1v) is 19.3. The van der Waals surface area contributed by atoms with Gasteiger partial charge in [-0.15, -0.1) is 10.2 Å². The number of nitriles is 4. The number of allylic oxidation sites excluding steroid dienone is 8. The molecule has 0 saturated heterocycles. The first-order valence-electron chi connectivity index (χ1n) is 19.3. The summed E-state index contributed by atoms with van der Waals surface area (Å²) in [6.07, 6.45) is 7.04. The molecule has 4 heterocycles. The van der Waals surface area contributed by atoms with Crippen molar-refractivity contribution in [2.24, 2.45) is 0 Å². The molecule has 0 spiro atoms. The SMILES string of the molecule is N#Cc1cc(C(=C2C(c3nc4ccccn4n3)=CC3=C2C=C(c2nc4ccccn4n2)C3=C(c2ccc(F)c(C#N)c2)c2ccc(F)c(C#N)c2)c2ccc(F)c(C#N)c2)ccc1F. The summed E-state index contributed by atoms with van der Waals surface area (Å²) in [7, 11) is 0. The van der Waals surface area contributed by atoms with Gasteiger partial charge >= 0.3 is 0 Å². The van der Waals surface area contributed by atoms with Crippen LogP contribution < -0.4 is 0 Å². The number of pyridine rings is 2. The van der Waals surface area contributed by atoms with E-state index in [-0.39, 0.29) is 33.9 Å². The molecule has 0 saturated carbocycles. The molecule has 0 atom stereocenters. The quantitative estimate of drug-likeness (QED) is 0.150. The first kappa shape index (κ1) is 38.7. The molecule has 10 nitrogen and oxygen atoms in total. The minimum absolute atomic E-state index is 0.224. The zero-order chi connectivity index (χ0) is 44.2. The highest BCUT2D eigenvalue weighted by molar-refractivity contribution is 6.11. The first-order chi connectivity index (χ1) is 31.2. The van der Waals surface area contributed by atoms with Gasteiger partial charge in [-0.05, 0) is 129 Å². The average molecular weight is 839 g/mol. The average Bonchev–Trinajstić information content (AvgIpc) is 4.11. The smallest absolute Gasteiger partial charge is 0.182 e. The zero-order valence-corrected chi connectivity index (χ0v) is 32.7. The number of benzene rings is 4.